The van der Waals surface area contributed by atoms with E-state index < -0.39 is 0 Å². The van der Waals surface area contributed by atoms with Crippen molar-refractivity contribution in [2.45, 2.75) is 38.6 Å². The van der Waals surface area contributed by atoms with E-state index >= 15 is 0 Å². The summed E-state index contributed by atoms with van der Waals surface area (Å²) in [5.41, 5.74) is 0. The zero-order chi connectivity index (χ0) is 15.5. The van der Waals surface area contributed by atoms with Gasteiger partial charge in [0, 0.05) is 17.5 Å². The van der Waals surface area contributed by atoms with Gasteiger partial charge in [-0.25, -0.2) is 4.98 Å². The molecule has 0 bridgehead atoms. The highest BCUT2D eigenvalue weighted by Gasteiger charge is 2.31. The highest BCUT2D eigenvalue weighted by molar-refractivity contribution is 7.13. The summed E-state index contributed by atoms with van der Waals surface area (Å²) in [5, 5.41) is 9.35. The van der Waals surface area contributed by atoms with Crippen molar-refractivity contribution >= 4 is 22.4 Å². The molecule has 3 heterocycles. The number of carbonyl (C=O) groups excluding carboxylic acids is 1. The highest BCUT2D eigenvalue weighted by Crippen LogP contribution is 2.30. The molecule has 118 valence electrons. The van der Waals surface area contributed by atoms with E-state index in [-0.39, 0.29) is 17.9 Å². The predicted octanol–water partition coefficient (Wildman–Crippen LogP) is 2.43. The van der Waals surface area contributed by atoms with Crippen molar-refractivity contribution < 1.29 is 9.32 Å². The quantitative estimate of drug-likeness (QED) is 0.910. The molecule has 1 aliphatic rings. The second-order valence-electron chi connectivity index (χ2n) is 5.66. The molecule has 0 spiro atoms. The van der Waals surface area contributed by atoms with E-state index in [1.807, 2.05) is 19.2 Å². The van der Waals surface area contributed by atoms with Crippen LogP contribution in [0, 0.1) is 0 Å². The van der Waals surface area contributed by atoms with E-state index in [0.29, 0.717) is 23.4 Å². The fraction of sp³-hybridized carbons (Fsp3) is 0.571. The number of likely N-dealkylation sites (tertiary alicyclic amines) is 1. The van der Waals surface area contributed by atoms with Gasteiger partial charge in [-0.05, 0) is 19.4 Å². The number of nitrogens with one attached hydrogen (secondary N) is 1. The molecular weight excluding hydrogens is 302 g/mol. The Balaban J connectivity index is 1.63. The maximum atomic E-state index is 12.1. The molecular formula is C14H19N5O2S. The first-order valence-electron chi connectivity index (χ1n) is 7.40. The number of rotatable bonds is 5. The average molecular weight is 321 g/mol. The van der Waals surface area contributed by atoms with E-state index in [4.69, 9.17) is 4.52 Å². The molecule has 1 atom stereocenters. The molecule has 7 nitrogen and oxygen atoms in total. The average Bonchev–Trinajstić information content (AvgIpc) is 3.18. The minimum absolute atomic E-state index is 0.0540. The molecule has 1 N–H and O–H groups in total. The zero-order valence-electron chi connectivity index (χ0n) is 12.7. The van der Waals surface area contributed by atoms with Crippen LogP contribution in [0.25, 0.3) is 0 Å². The van der Waals surface area contributed by atoms with Crippen LogP contribution in [-0.2, 0) is 4.79 Å². The number of hydrogen-bond acceptors (Lipinski definition) is 7. The van der Waals surface area contributed by atoms with Crippen LogP contribution in [0.4, 0.5) is 5.13 Å². The van der Waals surface area contributed by atoms with Gasteiger partial charge in [-0.2, -0.15) is 4.98 Å². The largest absolute Gasteiger partial charge is 0.339 e. The van der Waals surface area contributed by atoms with Crippen LogP contribution >= 0.6 is 11.3 Å². The lowest BCUT2D eigenvalue weighted by atomic mass is 10.2. The normalized spacial score (nSPS) is 19.0. The number of amides is 1. The van der Waals surface area contributed by atoms with Crippen molar-refractivity contribution in [3.05, 3.63) is 23.3 Å². The van der Waals surface area contributed by atoms with E-state index in [2.05, 4.69) is 25.3 Å². The SMILES string of the molecule is CC(C)c1nc([C@@H]2CCCN2CC(=O)Nc2nccs2)no1. The van der Waals surface area contributed by atoms with Gasteiger partial charge in [0.25, 0.3) is 0 Å². The Hall–Kier alpha value is -1.80. The monoisotopic (exact) mass is 321 g/mol. The van der Waals surface area contributed by atoms with E-state index in [1.54, 1.807) is 6.20 Å². The lowest BCUT2D eigenvalue weighted by molar-refractivity contribution is -0.117. The van der Waals surface area contributed by atoms with Crippen LogP contribution < -0.4 is 5.32 Å². The molecule has 0 saturated carbocycles. The molecule has 3 rings (SSSR count). The molecule has 22 heavy (non-hydrogen) atoms. The molecule has 1 amide bonds. The topological polar surface area (TPSA) is 84.2 Å². The van der Waals surface area contributed by atoms with Gasteiger partial charge in [0.05, 0.1) is 12.6 Å². The number of aromatic nitrogens is 3. The maximum absolute atomic E-state index is 12.1. The standard InChI is InChI=1S/C14H19N5O2S/c1-9(2)13-17-12(18-21-13)10-4-3-6-19(10)8-11(20)16-14-15-5-7-22-14/h5,7,9-10H,3-4,6,8H2,1-2H3,(H,15,16,20)/t10-/m0/s1. The molecule has 1 saturated heterocycles. The van der Waals surface area contributed by atoms with Crippen LogP contribution in [0.1, 0.15) is 50.4 Å². The number of nitrogens with zero attached hydrogens (tertiary/aromatic N) is 4. The molecule has 2 aromatic rings. The van der Waals surface area contributed by atoms with Crippen molar-refractivity contribution in [2.75, 3.05) is 18.4 Å². The van der Waals surface area contributed by atoms with Crippen LogP contribution in [-0.4, -0.2) is 39.0 Å². The Morgan fingerprint density at radius 1 is 1.59 bits per heavy atom. The van der Waals surface area contributed by atoms with Crippen molar-refractivity contribution in [1.29, 1.82) is 0 Å². The first-order valence-corrected chi connectivity index (χ1v) is 8.28. The molecule has 1 fully saturated rings. The van der Waals surface area contributed by atoms with E-state index in [0.717, 1.165) is 19.4 Å². The fourth-order valence-electron chi connectivity index (χ4n) is 2.55. The van der Waals surface area contributed by atoms with Gasteiger partial charge in [0.2, 0.25) is 11.8 Å². The Bertz CT molecular complexity index is 625. The second-order valence-corrected chi connectivity index (χ2v) is 6.55. The zero-order valence-corrected chi connectivity index (χ0v) is 13.5. The van der Waals surface area contributed by atoms with Gasteiger partial charge >= 0.3 is 0 Å². The number of carbonyl (C=O) groups is 1. The summed E-state index contributed by atoms with van der Waals surface area (Å²) in [5.74, 6) is 1.48. The minimum atomic E-state index is -0.0607. The Morgan fingerprint density at radius 2 is 2.45 bits per heavy atom. The number of thiazole rings is 1. The smallest absolute Gasteiger partial charge is 0.240 e. The first kappa shape index (κ1) is 15.1. The Kier molecular flexibility index (Phi) is 4.49. The molecule has 1 aliphatic heterocycles. The summed E-state index contributed by atoms with van der Waals surface area (Å²) in [6.45, 7) is 5.22. The molecule has 2 aromatic heterocycles. The van der Waals surface area contributed by atoms with Crippen LogP contribution in [0.3, 0.4) is 0 Å². The van der Waals surface area contributed by atoms with Gasteiger partial charge in [0.15, 0.2) is 11.0 Å². The molecule has 0 aliphatic carbocycles. The number of hydrogen-bond donors (Lipinski definition) is 1. The molecule has 8 heteroatoms. The van der Waals surface area contributed by atoms with Crippen LogP contribution in [0.2, 0.25) is 0 Å². The van der Waals surface area contributed by atoms with Gasteiger partial charge in [-0.3, -0.25) is 9.69 Å². The van der Waals surface area contributed by atoms with Crippen molar-refractivity contribution in [1.82, 2.24) is 20.0 Å². The summed E-state index contributed by atoms with van der Waals surface area (Å²) in [6.07, 6.45) is 3.65. The summed E-state index contributed by atoms with van der Waals surface area (Å²) < 4.78 is 5.28. The minimum Gasteiger partial charge on any atom is -0.339 e. The lowest BCUT2D eigenvalue weighted by Gasteiger charge is -2.20. The Morgan fingerprint density at radius 3 is 3.14 bits per heavy atom. The van der Waals surface area contributed by atoms with Gasteiger partial charge < -0.3 is 9.84 Å². The maximum Gasteiger partial charge on any atom is 0.240 e. The number of anilines is 1. The molecule has 0 radical (unpaired) electrons. The summed E-state index contributed by atoms with van der Waals surface area (Å²) in [7, 11) is 0. The van der Waals surface area contributed by atoms with E-state index in [1.165, 1.54) is 11.3 Å². The van der Waals surface area contributed by atoms with Gasteiger partial charge in [-0.15, -0.1) is 11.3 Å². The third-order valence-electron chi connectivity index (χ3n) is 3.64. The second kappa shape index (κ2) is 6.53. The molecule has 0 unspecified atom stereocenters. The van der Waals surface area contributed by atoms with E-state index in [9.17, 15) is 4.79 Å². The third kappa shape index (κ3) is 3.33. The van der Waals surface area contributed by atoms with Gasteiger partial charge in [0.1, 0.15) is 0 Å². The highest BCUT2D eigenvalue weighted by atomic mass is 32.1. The third-order valence-corrected chi connectivity index (χ3v) is 4.33. The fourth-order valence-corrected chi connectivity index (χ4v) is 3.10. The van der Waals surface area contributed by atoms with Crippen LogP contribution in [0.5, 0.6) is 0 Å². The summed E-state index contributed by atoms with van der Waals surface area (Å²) in [6, 6.07) is 0.0540. The predicted molar refractivity (Wildman–Crippen MR) is 82.7 cm³/mol. The van der Waals surface area contributed by atoms with Crippen LogP contribution in [0.15, 0.2) is 16.1 Å². The van der Waals surface area contributed by atoms with Gasteiger partial charge in [-0.1, -0.05) is 19.0 Å². The lowest BCUT2D eigenvalue weighted by Crippen LogP contribution is -2.33. The molecule has 0 aromatic carbocycles. The first-order chi connectivity index (χ1) is 10.6. The summed E-state index contributed by atoms with van der Waals surface area (Å²) in [4.78, 5) is 22.7. The van der Waals surface area contributed by atoms with Crippen molar-refractivity contribution in [3.8, 4) is 0 Å². The van der Waals surface area contributed by atoms with Crippen molar-refractivity contribution in [2.24, 2.45) is 0 Å². The summed E-state index contributed by atoms with van der Waals surface area (Å²) >= 11 is 1.41. The van der Waals surface area contributed by atoms with Crippen molar-refractivity contribution in [3.63, 3.8) is 0 Å². The Labute approximate surface area is 132 Å².